The van der Waals surface area contributed by atoms with Crippen molar-refractivity contribution in [2.45, 2.75) is 76.3 Å². The summed E-state index contributed by atoms with van der Waals surface area (Å²) in [5, 5.41) is 0. The van der Waals surface area contributed by atoms with Crippen LogP contribution >= 0.6 is 0 Å². The molecule has 0 spiro atoms. The summed E-state index contributed by atoms with van der Waals surface area (Å²) in [6.07, 6.45) is 12.2. The highest BCUT2D eigenvalue weighted by Gasteiger charge is 2.38. The third-order valence-electron chi connectivity index (χ3n) is 6.21. The van der Waals surface area contributed by atoms with Gasteiger partial charge >= 0.3 is 17.6 Å². The van der Waals surface area contributed by atoms with Gasteiger partial charge in [0.15, 0.2) is 0 Å². The van der Waals surface area contributed by atoms with Gasteiger partial charge in [0.25, 0.3) is 0 Å². The van der Waals surface area contributed by atoms with Crippen LogP contribution < -0.4 is 5.73 Å². The van der Waals surface area contributed by atoms with Crippen LogP contribution in [0.1, 0.15) is 64.2 Å². The van der Waals surface area contributed by atoms with Crippen molar-refractivity contribution in [3.8, 4) is 0 Å². The minimum absolute atomic E-state index is 0.821. The molecule has 0 aromatic rings. The molecule has 0 aromatic heterocycles. The Morgan fingerprint density at radius 2 is 0.781 bits per heavy atom. The molecule has 0 aromatic carbocycles. The maximum atomic E-state index is 5.57. The second-order valence-electron chi connectivity index (χ2n) is 8.26. The monoisotopic (exact) mass is 496 g/mol. The smallest absolute Gasteiger partial charge is 0.377 e. The van der Waals surface area contributed by atoms with E-state index in [1.54, 1.807) is 42.7 Å². The second kappa shape index (κ2) is 20.5. The van der Waals surface area contributed by atoms with E-state index in [1.165, 1.54) is 44.9 Å². The maximum absolute atomic E-state index is 5.57. The first-order chi connectivity index (χ1) is 15.5. The van der Waals surface area contributed by atoms with Crippen LogP contribution in [0.3, 0.4) is 0 Å². The van der Waals surface area contributed by atoms with Gasteiger partial charge in [-0.1, -0.05) is 38.5 Å². The average molecular weight is 497 g/mol. The van der Waals surface area contributed by atoms with Gasteiger partial charge in [0.2, 0.25) is 0 Å². The molecular weight excluding hydrogens is 444 g/mol. The second-order valence-corrected chi connectivity index (χ2v) is 14.4. The van der Waals surface area contributed by atoms with E-state index in [1.807, 2.05) is 0 Å². The molecule has 0 aliphatic heterocycles. The third kappa shape index (κ3) is 13.7. The molecule has 0 atom stereocenters. The summed E-state index contributed by atoms with van der Waals surface area (Å²) < 4.78 is 33.4. The van der Waals surface area contributed by atoms with E-state index in [0.29, 0.717) is 0 Å². The van der Waals surface area contributed by atoms with Gasteiger partial charge in [-0.3, -0.25) is 0 Å². The fraction of sp³-hybridized carbons (Fsp3) is 1.00. The van der Waals surface area contributed by atoms with Gasteiger partial charge < -0.3 is 37.2 Å². The molecule has 0 fully saturated rings. The zero-order valence-corrected chi connectivity index (χ0v) is 23.8. The Morgan fingerprint density at radius 3 is 1.12 bits per heavy atom. The molecule has 0 heterocycles. The number of hydrogen-bond acceptors (Lipinski definition) is 8. The third-order valence-corrected chi connectivity index (χ3v) is 11.9. The predicted octanol–water partition coefficient (Wildman–Crippen LogP) is 3.90. The van der Waals surface area contributed by atoms with E-state index in [2.05, 4.69) is 4.90 Å². The molecule has 0 saturated heterocycles. The quantitative estimate of drug-likeness (QED) is 0.159. The lowest BCUT2D eigenvalue weighted by atomic mass is 10.1. The highest BCUT2D eigenvalue weighted by molar-refractivity contribution is 6.60. The van der Waals surface area contributed by atoms with Crippen LogP contribution in [-0.4, -0.2) is 91.3 Å². The summed E-state index contributed by atoms with van der Waals surface area (Å²) in [5.74, 6) is 0. The van der Waals surface area contributed by atoms with Crippen molar-refractivity contribution in [2.75, 3.05) is 68.8 Å². The van der Waals surface area contributed by atoms with Crippen molar-refractivity contribution in [2.24, 2.45) is 5.73 Å². The summed E-state index contributed by atoms with van der Waals surface area (Å²) in [6.45, 7) is 3.94. The van der Waals surface area contributed by atoms with Gasteiger partial charge in [-0.2, -0.15) is 0 Å². The molecule has 194 valence electrons. The first-order valence-electron chi connectivity index (χ1n) is 12.2. The lowest BCUT2D eigenvalue weighted by Crippen LogP contribution is -2.44. The number of hydrogen-bond donors (Lipinski definition) is 1. The van der Waals surface area contributed by atoms with Gasteiger partial charge in [0.05, 0.1) is 0 Å². The maximum Gasteiger partial charge on any atom is 0.500 e. The van der Waals surface area contributed by atoms with Crippen LogP contribution in [-0.2, 0) is 26.6 Å². The van der Waals surface area contributed by atoms with E-state index in [4.69, 9.17) is 32.3 Å². The Balaban J connectivity index is 4.46. The minimum atomic E-state index is -2.51. The summed E-state index contributed by atoms with van der Waals surface area (Å²) in [6, 6.07) is 1.64. The molecule has 10 heteroatoms. The number of nitrogens with two attached hydrogens (primary N) is 1. The standard InChI is InChI=1S/C22H52N2O6Si2/c1-25-31(26-2,27-3)21-15-19-24(20-16-22-32(28-4,29-5)30-6)18-14-12-10-8-7-9-11-13-17-23/h7-23H2,1-6H3. The lowest BCUT2D eigenvalue weighted by Gasteiger charge is -2.28. The van der Waals surface area contributed by atoms with Gasteiger partial charge in [0, 0.05) is 54.7 Å². The molecule has 0 bridgehead atoms. The Kier molecular flexibility index (Phi) is 20.6. The summed E-state index contributed by atoms with van der Waals surface area (Å²) in [7, 11) is 5.04. The molecule has 0 aliphatic rings. The zero-order valence-electron chi connectivity index (χ0n) is 21.8. The Labute approximate surface area is 200 Å². The summed E-state index contributed by atoms with van der Waals surface area (Å²) >= 11 is 0. The van der Waals surface area contributed by atoms with Crippen molar-refractivity contribution < 1.29 is 26.6 Å². The van der Waals surface area contributed by atoms with E-state index < -0.39 is 17.6 Å². The van der Waals surface area contributed by atoms with Gasteiger partial charge in [0.1, 0.15) is 0 Å². The Bertz CT molecular complexity index is 373. The molecule has 0 amide bonds. The Hall–Kier alpha value is 0.114. The molecule has 0 radical (unpaired) electrons. The van der Waals surface area contributed by atoms with E-state index in [9.17, 15) is 0 Å². The van der Waals surface area contributed by atoms with Crippen molar-refractivity contribution in [3.63, 3.8) is 0 Å². The fourth-order valence-corrected chi connectivity index (χ4v) is 7.43. The summed E-state index contributed by atoms with van der Waals surface area (Å²) in [4.78, 5) is 2.54. The highest BCUT2D eigenvalue weighted by atomic mass is 28.4. The first kappa shape index (κ1) is 32.1. The zero-order chi connectivity index (χ0) is 24.1. The van der Waals surface area contributed by atoms with Crippen LogP contribution in [0.4, 0.5) is 0 Å². The SMILES string of the molecule is CO[Si](CCCN(CCCCCCCCCCN)CCC[Si](OC)(OC)OC)(OC)OC. The first-order valence-corrected chi connectivity index (χ1v) is 16.1. The van der Waals surface area contributed by atoms with Crippen LogP contribution in [0.5, 0.6) is 0 Å². The van der Waals surface area contributed by atoms with Gasteiger partial charge in [-0.15, -0.1) is 0 Å². The largest absolute Gasteiger partial charge is 0.500 e. The van der Waals surface area contributed by atoms with Crippen LogP contribution in [0.2, 0.25) is 12.1 Å². The van der Waals surface area contributed by atoms with Crippen LogP contribution in [0.25, 0.3) is 0 Å². The van der Waals surface area contributed by atoms with Crippen LogP contribution in [0.15, 0.2) is 0 Å². The molecule has 8 nitrogen and oxygen atoms in total. The molecule has 0 rings (SSSR count). The average Bonchev–Trinajstić information content (AvgIpc) is 2.83. The van der Waals surface area contributed by atoms with E-state index in [-0.39, 0.29) is 0 Å². The highest BCUT2D eigenvalue weighted by Crippen LogP contribution is 2.18. The lowest BCUT2D eigenvalue weighted by molar-refractivity contribution is 0.119. The molecule has 0 saturated carbocycles. The number of rotatable bonds is 24. The molecular formula is C22H52N2O6Si2. The predicted molar refractivity (Wildman–Crippen MR) is 135 cm³/mol. The topological polar surface area (TPSA) is 84.6 Å². The number of unbranched alkanes of at least 4 members (excludes halogenated alkanes) is 7. The minimum Gasteiger partial charge on any atom is -0.377 e. The van der Waals surface area contributed by atoms with Crippen molar-refractivity contribution in [1.82, 2.24) is 4.90 Å². The van der Waals surface area contributed by atoms with E-state index in [0.717, 1.165) is 57.5 Å². The normalized spacial score (nSPS) is 12.8. The number of nitrogens with zero attached hydrogens (tertiary/aromatic N) is 1. The van der Waals surface area contributed by atoms with Crippen LogP contribution in [0, 0.1) is 0 Å². The van der Waals surface area contributed by atoms with Gasteiger partial charge in [-0.05, 0) is 51.9 Å². The fourth-order valence-electron chi connectivity index (χ4n) is 4.03. The molecule has 2 N–H and O–H groups in total. The van der Waals surface area contributed by atoms with Gasteiger partial charge in [-0.25, -0.2) is 0 Å². The molecule has 32 heavy (non-hydrogen) atoms. The molecule has 0 aliphatic carbocycles. The van der Waals surface area contributed by atoms with E-state index >= 15 is 0 Å². The van der Waals surface area contributed by atoms with Crippen molar-refractivity contribution in [3.05, 3.63) is 0 Å². The van der Waals surface area contributed by atoms with Crippen molar-refractivity contribution >= 4 is 17.6 Å². The Morgan fingerprint density at radius 1 is 0.469 bits per heavy atom. The summed E-state index contributed by atoms with van der Waals surface area (Å²) in [5.41, 5.74) is 5.56. The molecule has 0 unspecified atom stereocenters. The van der Waals surface area contributed by atoms with Crippen molar-refractivity contribution in [1.29, 1.82) is 0 Å².